The summed E-state index contributed by atoms with van der Waals surface area (Å²) < 4.78 is 0. The zero-order valence-corrected chi connectivity index (χ0v) is 9.49. The van der Waals surface area contributed by atoms with Gasteiger partial charge in [-0.3, -0.25) is 4.79 Å². The minimum atomic E-state index is -0.0777. The molecule has 0 aromatic carbocycles. The van der Waals surface area contributed by atoms with Crippen LogP contribution >= 0.6 is 0 Å². The quantitative estimate of drug-likeness (QED) is 0.690. The van der Waals surface area contributed by atoms with Gasteiger partial charge >= 0.3 is 6.03 Å². The van der Waals surface area contributed by atoms with E-state index in [0.29, 0.717) is 19.5 Å². The van der Waals surface area contributed by atoms with E-state index in [9.17, 15) is 9.59 Å². The Bertz CT molecular complexity index is 465. The number of carbonyl (C=O) groups excluding carboxylic acids is 1. The van der Waals surface area contributed by atoms with Crippen molar-refractivity contribution in [3.8, 4) is 0 Å². The molecule has 1 N–H and O–H groups in total. The van der Waals surface area contributed by atoms with Gasteiger partial charge in [0.2, 0.25) is 5.56 Å². The molecule has 0 aliphatic carbocycles. The first-order chi connectivity index (χ1) is 7.58. The van der Waals surface area contributed by atoms with Crippen molar-refractivity contribution in [2.75, 3.05) is 20.6 Å². The molecule has 0 bridgehead atoms. The van der Waals surface area contributed by atoms with E-state index in [2.05, 4.69) is 4.98 Å². The summed E-state index contributed by atoms with van der Waals surface area (Å²) in [7, 11) is 3.48. The lowest BCUT2D eigenvalue weighted by Gasteiger charge is -2.30. The number of nitrogens with zero attached hydrogens (tertiary/aromatic N) is 2. The number of nitrogens with one attached hydrogen (secondary N) is 1. The van der Waals surface area contributed by atoms with Gasteiger partial charge in [-0.1, -0.05) is 6.07 Å². The Morgan fingerprint density at radius 1 is 1.44 bits per heavy atom. The highest BCUT2D eigenvalue weighted by Gasteiger charge is 2.21. The summed E-state index contributed by atoms with van der Waals surface area (Å²) in [5.74, 6) is 0. The molecule has 16 heavy (non-hydrogen) atoms. The zero-order chi connectivity index (χ0) is 11.7. The van der Waals surface area contributed by atoms with Crippen LogP contribution in [0.1, 0.15) is 11.3 Å². The van der Waals surface area contributed by atoms with Crippen LogP contribution in [-0.2, 0) is 13.0 Å². The predicted molar refractivity (Wildman–Crippen MR) is 60.3 cm³/mol. The number of rotatable bonds is 0. The highest BCUT2D eigenvalue weighted by atomic mass is 16.2. The van der Waals surface area contributed by atoms with Crippen LogP contribution in [0.4, 0.5) is 4.79 Å². The predicted octanol–water partition coefficient (Wildman–Crippen LogP) is 0.415. The van der Waals surface area contributed by atoms with Gasteiger partial charge in [-0.25, -0.2) is 4.79 Å². The van der Waals surface area contributed by atoms with Crippen molar-refractivity contribution in [3.63, 3.8) is 0 Å². The van der Waals surface area contributed by atoms with Gasteiger partial charge < -0.3 is 14.8 Å². The van der Waals surface area contributed by atoms with Crippen molar-refractivity contribution < 1.29 is 4.79 Å². The van der Waals surface area contributed by atoms with Gasteiger partial charge in [0, 0.05) is 45.4 Å². The molecule has 0 saturated carbocycles. The lowest BCUT2D eigenvalue weighted by atomic mass is 10.1. The normalized spacial score (nSPS) is 14.5. The molecule has 86 valence electrons. The van der Waals surface area contributed by atoms with E-state index in [4.69, 9.17) is 0 Å². The average molecular weight is 221 g/mol. The number of aromatic nitrogens is 1. The van der Waals surface area contributed by atoms with Crippen molar-refractivity contribution in [1.29, 1.82) is 0 Å². The monoisotopic (exact) mass is 221 g/mol. The van der Waals surface area contributed by atoms with Crippen LogP contribution in [0.2, 0.25) is 0 Å². The fourth-order valence-electron chi connectivity index (χ4n) is 1.90. The largest absolute Gasteiger partial charge is 0.331 e. The standard InChI is InChI=1S/C11H15N3O2/c1-13(2)11(16)14-6-5-9-8(7-14)3-4-10(15)12-9/h3-4H,5-7H2,1-2H3,(H,12,15). The highest BCUT2D eigenvalue weighted by molar-refractivity contribution is 5.74. The number of pyridine rings is 1. The van der Waals surface area contributed by atoms with Gasteiger partial charge in [0.1, 0.15) is 0 Å². The first kappa shape index (κ1) is 10.7. The van der Waals surface area contributed by atoms with Gasteiger partial charge in [-0.15, -0.1) is 0 Å². The topological polar surface area (TPSA) is 56.4 Å². The van der Waals surface area contributed by atoms with E-state index in [1.165, 1.54) is 6.07 Å². The minimum Gasteiger partial charge on any atom is -0.331 e. The third-order valence-corrected chi connectivity index (χ3v) is 2.74. The molecule has 1 aliphatic rings. The summed E-state index contributed by atoms with van der Waals surface area (Å²) in [6, 6.07) is 3.31. The van der Waals surface area contributed by atoms with Crippen LogP contribution in [-0.4, -0.2) is 41.5 Å². The van der Waals surface area contributed by atoms with Crippen LogP contribution < -0.4 is 5.56 Å². The van der Waals surface area contributed by atoms with E-state index in [1.807, 2.05) is 0 Å². The van der Waals surface area contributed by atoms with E-state index < -0.39 is 0 Å². The minimum absolute atomic E-state index is 0.0110. The fraction of sp³-hybridized carbons (Fsp3) is 0.455. The van der Waals surface area contributed by atoms with E-state index >= 15 is 0 Å². The molecule has 1 aromatic rings. The first-order valence-electron chi connectivity index (χ1n) is 5.25. The molecule has 1 aliphatic heterocycles. The van der Waals surface area contributed by atoms with Gasteiger partial charge in [0.25, 0.3) is 0 Å². The zero-order valence-electron chi connectivity index (χ0n) is 9.49. The van der Waals surface area contributed by atoms with Gasteiger partial charge in [0.05, 0.1) is 0 Å². The van der Waals surface area contributed by atoms with Gasteiger partial charge in [-0.05, 0) is 5.56 Å². The van der Waals surface area contributed by atoms with E-state index in [1.54, 1.807) is 30.0 Å². The summed E-state index contributed by atoms with van der Waals surface area (Å²) in [6.07, 6.45) is 0.713. The molecular weight excluding hydrogens is 206 g/mol. The number of H-pyrrole nitrogens is 1. The Labute approximate surface area is 93.7 Å². The number of hydrogen-bond donors (Lipinski definition) is 1. The van der Waals surface area contributed by atoms with E-state index in [-0.39, 0.29) is 11.6 Å². The van der Waals surface area contributed by atoms with Crippen LogP contribution in [0, 0.1) is 0 Å². The maximum atomic E-state index is 11.8. The Morgan fingerprint density at radius 2 is 2.19 bits per heavy atom. The molecule has 2 heterocycles. The lowest BCUT2D eigenvalue weighted by molar-refractivity contribution is 0.165. The second kappa shape index (κ2) is 4.00. The fourth-order valence-corrected chi connectivity index (χ4v) is 1.90. The number of urea groups is 1. The maximum absolute atomic E-state index is 11.8. The van der Waals surface area contributed by atoms with Crippen molar-refractivity contribution in [3.05, 3.63) is 33.7 Å². The van der Waals surface area contributed by atoms with Crippen molar-refractivity contribution in [2.24, 2.45) is 0 Å². The van der Waals surface area contributed by atoms with Gasteiger partial charge in [-0.2, -0.15) is 0 Å². The van der Waals surface area contributed by atoms with Gasteiger partial charge in [0.15, 0.2) is 0 Å². The van der Waals surface area contributed by atoms with Crippen LogP contribution in [0.25, 0.3) is 0 Å². The number of fused-ring (bicyclic) bond motifs is 1. The van der Waals surface area contributed by atoms with Crippen LogP contribution in [0.3, 0.4) is 0 Å². The summed E-state index contributed by atoms with van der Waals surface area (Å²) in [4.78, 5) is 29.0. The van der Waals surface area contributed by atoms with Crippen molar-refractivity contribution >= 4 is 6.03 Å². The van der Waals surface area contributed by atoms with Crippen molar-refractivity contribution in [1.82, 2.24) is 14.8 Å². The average Bonchev–Trinajstić information content (AvgIpc) is 2.27. The molecule has 0 fully saturated rings. The number of hydrogen-bond acceptors (Lipinski definition) is 2. The molecule has 2 amide bonds. The molecule has 0 radical (unpaired) electrons. The molecule has 5 nitrogen and oxygen atoms in total. The third kappa shape index (κ3) is 1.93. The summed E-state index contributed by atoms with van der Waals surface area (Å²) in [6.45, 7) is 1.23. The Kier molecular flexibility index (Phi) is 2.68. The maximum Gasteiger partial charge on any atom is 0.319 e. The first-order valence-corrected chi connectivity index (χ1v) is 5.25. The van der Waals surface area contributed by atoms with E-state index in [0.717, 1.165) is 11.3 Å². The molecule has 0 atom stereocenters. The number of carbonyl (C=O) groups is 1. The molecule has 2 rings (SSSR count). The molecule has 0 saturated heterocycles. The molecule has 5 heteroatoms. The second-order valence-electron chi connectivity index (χ2n) is 4.17. The molecule has 0 unspecified atom stereocenters. The third-order valence-electron chi connectivity index (χ3n) is 2.74. The van der Waals surface area contributed by atoms with Crippen LogP contribution in [0.15, 0.2) is 16.9 Å². The van der Waals surface area contributed by atoms with Crippen LogP contribution in [0.5, 0.6) is 0 Å². The Morgan fingerprint density at radius 3 is 2.88 bits per heavy atom. The molecular formula is C11H15N3O2. The smallest absolute Gasteiger partial charge is 0.319 e. The SMILES string of the molecule is CN(C)C(=O)N1CCc2[nH]c(=O)ccc2C1. The number of amides is 2. The molecule has 1 aromatic heterocycles. The second-order valence-corrected chi connectivity index (χ2v) is 4.17. The Balaban J connectivity index is 2.21. The summed E-state index contributed by atoms with van der Waals surface area (Å²) in [5, 5.41) is 0. The summed E-state index contributed by atoms with van der Waals surface area (Å²) >= 11 is 0. The molecule has 0 spiro atoms. The Hall–Kier alpha value is -1.78. The lowest BCUT2D eigenvalue weighted by Crippen LogP contribution is -2.42. The summed E-state index contributed by atoms with van der Waals surface area (Å²) in [5.41, 5.74) is 1.91. The highest BCUT2D eigenvalue weighted by Crippen LogP contribution is 2.15. The van der Waals surface area contributed by atoms with Crippen molar-refractivity contribution in [2.45, 2.75) is 13.0 Å². The number of aromatic amines is 1.